The van der Waals surface area contributed by atoms with Crippen LogP contribution in [-0.4, -0.2) is 30.5 Å². The molecule has 0 bridgehead atoms. The lowest BCUT2D eigenvalue weighted by Gasteiger charge is -2.12. The largest absolute Gasteiger partial charge is 0.320 e. The van der Waals surface area contributed by atoms with Crippen LogP contribution in [-0.2, 0) is 0 Å². The third kappa shape index (κ3) is 3.37. The van der Waals surface area contributed by atoms with Crippen molar-refractivity contribution < 1.29 is 4.79 Å². The second kappa shape index (κ2) is 7.46. The van der Waals surface area contributed by atoms with Crippen LogP contribution >= 0.6 is 23.2 Å². The van der Waals surface area contributed by atoms with Gasteiger partial charge in [0.1, 0.15) is 18.3 Å². The number of benzene rings is 2. The van der Waals surface area contributed by atoms with Gasteiger partial charge in [-0.25, -0.2) is 14.3 Å². The van der Waals surface area contributed by atoms with Crippen molar-refractivity contribution in [3.8, 4) is 11.4 Å². The summed E-state index contributed by atoms with van der Waals surface area (Å²) in [6, 6.07) is 12.5. The highest BCUT2D eigenvalue weighted by Crippen LogP contribution is 2.28. The number of aromatic nitrogens is 5. The standard InChI is InChI=1S/C19H14Cl2N6O/c1-12-15(9-23-27(12)14-5-2-4-13(20)8-14)19(28)25-17-7-3-6-16(21)18(17)26-11-22-10-24-26/h2-11H,1H3,(H,25,28). The highest BCUT2D eigenvalue weighted by atomic mass is 35.5. The molecule has 9 heteroatoms. The Kier molecular flexibility index (Phi) is 4.85. The number of para-hydroxylation sites is 1. The third-order valence-electron chi connectivity index (χ3n) is 4.19. The van der Waals surface area contributed by atoms with Gasteiger partial charge in [0.05, 0.1) is 33.9 Å². The first-order valence-electron chi connectivity index (χ1n) is 8.30. The summed E-state index contributed by atoms with van der Waals surface area (Å²) in [7, 11) is 0. The monoisotopic (exact) mass is 412 g/mol. The number of hydrogen-bond donors (Lipinski definition) is 1. The molecule has 0 unspecified atom stereocenters. The van der Waals surface area contributed by atoms with E-state index in [2.05, 4.69) is 20.5 Å². The van der Waals surface area contributed by atoms with Crippen molar-refractivity contribution in [2.75, 3.05) is 5.32 Å². The van der Waals surface area contributed by atoms with Gasteiger partial charge in [-0.3, -0.25) is 4.79 Å². The lowest BCUT2D eigenvalue weighted by molar-refractivity contribution is 0.102. The average Bonchev–Trinajstić information content (AvgIpc) is 3.31. The first kappa shape index (κ1) is 18.2. The zero-order valence-corrected chi connectivity index (χ0v) is 16.2. The zero-order valence-electron chi connectivity index (χ0n) is 14.7. The Hall–Kier alpha value is -3.16. The Morgan fingerprint density at radius 1 is 1.11 bits per heavy atom. The fourth-order valence-corrected chi connectivity index (χ4v) is 3.31. The Morgan fingerprint density at radius 3 is 2.68 bits per heavy atom. The summed E-state index contributed by atoms with van der Waals surface area (Å²) < 4.78 is 3.16. The minimum absolute atomic E-state index is 0.311. The molecule has 2 aromatic heterocycles. The summed E-state index contributed by atoms with van der Waals surface area (Å²) in [5, 5.41) is 12.3. The van der Waals surface area contributed by atoms with Crippen LogP contribution in [0.25, 0.3) is 11.4 Å². The van der Waals surface area contributed by atoms with Crippen molar-refractivity contribution in [1.29, 1.82) is 0 Å². The van der Waals surface area contributed by atoms with Crippen LogP contribution in [0, 0.1) is 6.92 Å². The summed E-state index contributed by atoms with van der Waals surface area (Å²) in [6.07, 6.45) is 4.43. The number of anilines is 1. The van der Waals surface area contributed by atoms with E-state index in [1.54, 1.807) is 35.0 Å². The molecule has 0 saturated heterocycles. The summed E-state index contributed by atoms with van der Waals surface area (Å²) >= 11 is 12.4. The number of carbonyl (C=O) groups is 1. The fraction of sp³-hybridized carbons (Fsp3) is 0.0526. The van der Waals surface area contributed by atoms with Crippen molar-refractivity contribution in [2.45, 2.75) is 6.92 Å². The van der Waals surface area contributed by atoms with Gasteiger partial charge in [-0.2, -0.15) is 10.2 Å². The van der Waals surface area contributed by atoms with Crippen molar-refractivity contribution in [1.82, 2.24) is 24.5 Å². The van der Waals surface area contributed by atoms with Crippen LogP contribution < -0.4 is 5.32 Å². The first-order valence-corrected chi connectivity index (χ1v) is 9.05. The maximum atomic E-state index is 12.9. The second-order valence-corrected chi connectivity index (χ2v) is 6.81. The van der Waals surface area contributed by atoms with Crippen molar-refractivity contribution in [2.24, 2.45) is 0 Å². The highest BCUT2D eigenvalue weighted by Gasteiger charge is 2.18. The van der Waals surface area contributed by atoms with E-state index in [0.29, 0.717) is 32.7 Å². The summed E-state index contributed by atoms with van der Waals surface area (Å²) in [5.41, 5.74) is 2.94. The number of carbonyl (C=O) groups excluding carboxylic acids is 1. The van der Waals surface area contributed by atoms with E-state index in [9.17, 15) is 4.79 Å². The Morgan fingerprint density at radius 2 is 1.93 bits per heavy atom. The molecule has 0 aliphatic heterocycles. The molecular weight excluding hydrogens is 399 g/mol. The molecule has 0 saturated carbocycles. The summed E-state index contributed by atoms with van der Waals surface area (Å²) in [4.78, 5) is 16.8. The van der Waals surface area contributed by atoms with E-state index in [-0.39, 0.29) is 5.91 Å². The number of nitrogens with zero attached hydrogens (tertiary/aromatic N) is 5. The average molecular weight is 413 g/mol. The maximum Gasteiger partial charge on any atom is 0.259 e. The number of rotatable bonds is 4. The Balaban J connectivity index is 1.67. The summed E-state index contributed by atoms with van der Waals surface area (Å²) in [6.45, 7) is 1.82. The van der Waals surface area contributed by atoms with Gasteiger partial charge in [0.2, 0.25) is 0 Å². The lowest BCUT2D eigenvalue weighted by Crippen LogP contribution is -2.15. The van der Waals surface area contributed by atoms with Crippen molar-refractivity contribution in [3.05, 3.63) is 82.6 Å². The number of halogens is 2. The molecule has 0 atom stereocenters. The molecular formula is C19H14Cl2N6O. The molecule has 2 aromatic carbocycles. The molecule has 4 rings (SSSR count). The zero-order chi connectivity index (χ0) is 19.7. The van der Waals surface area contributed by atoms with Gasteiger partial charge in [0, 0.05) is 5.02 Å². The molecule has 140 valence electrons. The molecule has 0 fully saturated rings. The van der Waals surface area contributed by atoms with Crippen molar-refractivity contribution in [3.63, 3.8) is 0 Å². The van der Waals surface area contributed by atoms with Crippen LogP contribution in [0.3, 0.4) is 0 Å². The fourth-order valence-electron chi connectivity index (χ4n) is 2.86. The summed E-state index contributed by atoms with van der Waals surface area (Å²) in [5.74, 6) is -0.311. The molecule has 4 aromatic rings. The van der Waals surface area contributed by atoms with Crippen LogP contribution in [0.1, 0.15) is 16.1 Å². The van der Waals surface area contributed by atoms with Crippen LogP contribution in [0.5, 0.6) is 0 Å². The van der Waals surface area contributed by atoms with Gasteiger partial charge in [-0.05, 0) is 37.3 Å². The van der Waals surface area contributed by atoms with Gasteiger partial charge < -0.3 is 5.32 Å². The minimum atomic E-state index is -0.311. The van der Waals surface area contributed by atoms with E-state index in [1.807, 2.05) is 19.1 Å². The minimum Gasteiger partial charge on any atom is -0.320 e. The van der Waals surface area contributed by atoms with Gasteiger partial charge in [0.15, 0.2) is 0 Å². The maximum absolute atomic E-state index is 12.9. The molecule has 0 aliphatic carbocycles. The smallest absolute Gasteiger partial charge is 0.259 e. The molecule has 1 amide bonds. The van der Waals surface area contributed by atoms with E-state index in [0.717, 1.165) is 5.69 Å². The van der Waals surface area contributed by atoms with E-state index in [4.69, 9.17) is 23.2 Å². The number of nitrogens with one attached hydrogen (secondary N) is 1. The third-order valence-corrected chi connectivity index (χ3v) is 4.73. The van der Waals surface area contributed by atoms with E-state index >= 15 is 0 Å². The predicted octanol–water partition coefficient (Wildman–Crippen LogP) is 4.32. The van der Waals surface area contributed by atoms with Gasteiger partial charge in [-0.1, -0.05) is 35.3 Å². The molecule has 0 radical (unpaired) electrons. The van der Waals surface area contributed by atoms with Crippen molar-refractivity contribution >= 4 is 34.8 Å². The lowest BCUT2D eigenvalue weighted by atomic mass is 10.2. The molecule has 28 heavy (non-hydrogen) atoms. The second-order valence-electron chi connectivity index (χ2n) is 5.97. The first-order chi connectivity index (χ1) is 13.5. The van der Waals surface area contributed by atoms with Gasteiger partial charge in [-0.15, -0.1) is 0 Å². The molecule has 7 nitrogen and oxygen atoms in total. The van der Waals surface area contributed by atoms with Gasteiger partial charge >= 0.3 is 0 Å². The van der Waals surface area contributed by atoms with E-state index < -0.39 is 0 Å². The quantitative estimate of drug-likeness (QED) is 0.541. The normalized spacial score (nSPS) is 10.8. The molecule has 0 spiro atoms. The molecule has 0 aliphatic rings. The highest BCUT2D eigenvalue weighted by molar-refractivity contribution is 6.33. The number of amides is 1. The van der Waals surface area contributed by atoms with Crippen LogP contribution in [0.2, 0.25) is 10.0 Å². The van der Waals surface area contributed by atoms with Gasteiger partial charge in [0.25, 0.3) is 5.91 Å². The molecule has 1 N–H and O–H groups in total. The molecule has 2 heterocycles. The van der Waals surface area contributed by atoms with Crippen LogP contribution in [0.15, 0.2) is 61.3 Å². The Bertz CT molecular complexity index is 1150. The SMILES string of the molecule is Cc1c(C(=O)Nc2cccc(Cl)c2-n2cncn2)cnn1-c1cccc(Cl)c1. The predicted molar refractivity (Wildman–Crippen MR) is 108 cm³/mol. The van der Waals surface area contributed by atoms with Crippen LogP contribution in [0.4, 0.5) is 5.69 Å². The van der Waals surface area contributed by atoms with E-state index in [1.165, 1.54) is 23.5 Å². The Labute approximate surface area is 170 Å². The topological polar surface area (TPSA) is 77.6 Å². The number of hydrogen-bond acceptors (Lipinski definition) is 4.